The van der Waals surface area contributed by atoms with E-state index in [4.69, 9.17) is 27.9 Å². The fraction of sp³-hybridized carbons (Fsp3) is 0.452. The van der Waals surface area contributed by atoms with E-state index in [9.17, 15) is 13.2 Å². The number of thiophene rings is 1. The Balaban J connectivity index is 1.30. The smallest absolute Gasteiger partial charge is 0.407 e. The quantitative estimate of drug-likeness (QED) is 0.270. The minimum atomic E-state index is -3.98. The Morgan fingerprint density at radius 3 is 2.33 bits per heavy atom. The summed E-state index contributed by atoms with van der Waals surface area (Å²) in [4.78, 5) is 16.6. The van der Waals surface area contributed by atoms with Crippen LogP contribution in [0.2, 0.25) is 10.0 Å². The molecule has 0 saturated heterocycles. The lowest BCUT2D eigenvalue weighted by Gasteiger charge is -2.37. The standard InChI is InChI=1S/C31H37Cl2N3O4S2/c1-35(2)28(20-9-5-4-6-10-20)21-13-15-22(16-14-21)34-31(37)40-29-24-11-7-8-12-27(24)41-30(29)36(3)42(38,39)23-17-18-25(32)26(33)19-23/h4-6,9-10,17-19,21-22,28H,7-8,11-16H2,1-3H3,(H,34,37). The van der Waals surface area contributed by atoms with Gasteiger partial charge in [0.25, 0.3) is 10.0 Å². The minimum Gasteiger partial charge on any atom is -0.407 e. The fourth-order valence-electron chi connectivity index (χ4n) is 6.25. The SMILES string of the molecule is CN(C)C(c1ccccc1)C1CCC(NC(=O)Oc2c(N(C)S(=O)(=O)c3ccc(Cl)c(Cl)c3)sc3c2CCCC3)CC1. The van der Waals surface area contributed by atoms with Crippen molar-refractivity contribution in [1.29, 1.82) is 0 Å². The molecule has 1 atom stereocenters. The number of halogens is 2. The minimum absolute atomic E-state index is 0.00270. The van der Waals surface area contributed by atoms with E-state index in [-0.39, 0.29) is 21.0 Å². The highest BCUT2D eigenvalue weighted by molar-refractivity contribution is 7.93. The van der Waals surface area contributed by atoms with Crippen molar-refractivity contribution in [3.63, 3.8) is 0 Å². The average Bonchev–Trinajstić information content (AvgIpc) is 3.33. The summed E-state index contributed by atoms with van der Waals surface area (Å²) in [5.41, 5.74) is 2.24. The zero-order valence-corrected chi connectivity index (χ0v) is 27.3. The van der Waals surface area contributed by atoms with E-state index in [1.807, 2.05) is 6.07 Å². The zero-order valence-electron chi connectivity index (χ0n) is 24.1. The van der Waals surface area contributed by atoms with Gasteiger partial charge >= 0.3 is 6.09 Å². The van der Waals surface area contributed by atoms with E-state index < -0.39 is 16.1 Å². The molecule has 1 amide bonds. The highest BCUT2D eigenvalue weighted by Crippen LogP contribution is 2.47. The van der Waals surface area contributed by atoms with Crippen molar-refractivity contribution in [2.75, 3.05) is 25.4 Å². The summed E-state index contributed by atoms with van der Waals surface area (Å²) in [5, 5.41) is 3.89. The zero-order chi connectivity index (χ0) is 30.0. The third-order valence-corrected chi connectivity index (χ3v) is 12.3. The number of ether oxygens (including phenoxy) is 1. The first-order valence-electron chi connectivity index (χ1n) is 14.3. The van der Waals surface area contributed by atoms with Gasteiger partial charge in [0, 0.05) is 29.6 Å². The summed E-state index contributed by atoms with van der Waals surface area (Å²) in [6.45, 7) is 0. The van der Waals surface area contributed by atoms with Crippen LogP contribution in [0.15, 0.2) is 53.4 Å². The molecule has 5 rings (SSSR count). The number of aryl methyl sites for hydroxylation is 1. The molecule has 1 heterocycles. The molecular formula is C31H37Cl2N3O4S2. The Bertz CT molecular complexity index is 1520. The molecule has 226 valence electrons. The van der Waals surface area contributed by atoms with Crippen LogP contribution in [-0.4, -0.2) is 46.6 Å². The van der Waals surface area contributed by atoms with Gasteiger partial charge in [-0.2, -0.15) is 0 Å². The average molecular weight is 651 g/mol. The molecule has 3 aromatic rings. The normalized spacial score (nSPS) is 19.7. The summed E-state index contributed by atoms with van der Waals surface area (Å²) in [6, 6.07) is 15.1. The molecule has 1 aromatic heterocycles. The first-order valence-corrected chi connectivity index (χ1v) is 17.4. The lowest BCUT2D eigenvalue weighted by atomic mass is 9.79. The van der Waals surface area contributed by atoms with Gasteiger partial charge < -0.3 is 15.0 Å². The van der Waals surface area contributed by atoms with Crippen LogP contribution in [0.3, 0.4) is 0 Å². The number of carbonyl (C=O) groups is 1. The third-order valence-electron chi connectivity index (χ3n) is 8.37. The predicted molar refractivity (Wildman–Crippen MR) is 171 cm³/mol. The number of nitrogens with one attached hydrogen (secondary N) is 1. The number of nitrogens with zero attached hydrogens (tertiary/aromatic N) is 2. The van der Waals surface area contributed by atoms with Gasteiger partial charge in [-0.25, -0.2) is 13.2 Å². The van der Waals surface area contributed by atoms with E-state index in [1.165, 1.54) is 46.5 Å². The molecule has 1 N–H and O–H groups in total. The molecule has 1 saturated carbocycles. The molecule has 1 unspecified atom stereocenters. The second kappa shape index (κ2) is 13.1. The predicted octanol–water partition coefficient (Wildman–Crippen LogP) is 7.71. The van der Waals surface area contributed by atoms with Crippen molar-refractivity contribution in [3.8, 4) is 5.75 Å². The van der Waals surface area contributed by atoms with Crippen LogP contribution in [0.4, 0.5) is 9.80 Å². The maximum absolute atomic E-state index is 13.6. The van der Waals surface area contributed by atoms with E-state index in [0.717, 1.165) is 61.8 Å². The number of rotatable bonds is 8. The van der Waals surface area contributed by atoms with Crippen molar-refractivity contribution in [2.24, 2.45) is 5.92 Å². The maximum Gasteiger partial charge on any atom is 0.412 e. The topological polar surface area (TPSA) is 79.0 Å². The summed E-state index contributed by atoms with van der Waals surface area (Å²) in [6.07, 6.45) is 6.71. The Kier molecular flexibility index (Phi) is 9.74. The highest BCUT2D eigenvalue weighted by atomic mass is 35.5. The van der Waals surface area contributed by atoms with Crippen LogP contribution in [0.5, 0.6) is 5.75 Å². The molecule has 2 aliphatic rings. The first kappa shape index (κ1) is 31.1. The Hall–Kier alpha value is -2.30. The molecule has 0 aliphatic heterocycles. The number of anilines is 1. The summed E-state index contributed by atoms with van der Waals surface area (Å²) in [7, 11) is 1.75. The van der Waals surface area contributed by atoms with Crippen LogP contribution < -0.4 is 14.4 Å². The lowest BCUT2D eigenvalue weighted by molar-refractivity contribution is 0.151. The first-order chi connectivity index (χ1) is 20.1. The van der Waals surface area contributed by atoms with Crippen LogP contribution in [0.25, 0.3) is 0 Å². The molecule has 1 fully saturated rings. The van der Waals surface area contributed by atoms with Crippen molar-refractivity contribution >= 4 is 55.7 Å². The molecule has 42 heavy (non-hydrogen) atoms. The van der Waals surface area contributed by atoms with Crippen LogP contribution >= 0.6 is 34.5 Å². The molecule has 11 heteroatoms. The molecule has 0 bridgehead atoms. The number of fused-ring (bicyclic) bond motifs is 1. The van der Waals surface area contributed by atoms with Crippen LogP contribution in [0, 0.1) is 5.92 Å². The monoisotopic (exact) mass is 649 g/mol. The molecule has 7 nitrogen and oxygen atoms in total. The van der Waals surface area contributed by atoms with Crippen molar-refractivity contribution in [2.45, 2.75) is 68.3 Å². The van der Waals surface area contributed by atoms with Gasteiger partial charge in [-0.3, -0.25) is 4.31 Å². The fourth-order valence-corrected chi connectivity index (χ4v) is 9.33. The second-order valence-corrected chi connectivity index (χ2v) is 15.2. The summed E-state index contributed by atoms with van der Waals surface area (Å²) >= 11 is 13.5. The van der Waals surface area contributed by atoms with Crippen molar-refractivity contribution < 1.29 is 17.9 Å². The Morgan fingerprint density at radius 2 is 1.67 bits per heavy atom. The van der Waals surface area contributed by atoms with Gasteiger partial charge in [0.15, 0.2) is 5.75 Å². The van der Waals surface area contributed by atoms with Gasteiger partial charge in [-0.15, -0.1) is 11.3 Å². The number of amides is 1. The maximum atomic E-state index is 13.6. The molecule has 0 spiro atoms. The number of hydrogen-bond acceptors (Lipinski definition) is 6. The number of benzene rings is 2. The van der Waals surface area contributed by atoms with Gasteiger partial charge in [-0.05, 0) is 95.1 Å². The van der Waals surface area contributed by atoms with Gasteiger partial charge in [0.05, 0.1) is 14.9 Å². The van der Waals surface area contributed by atoms with Crippen LogP contribution in [0.1, 0.15) is 60.6 Å². The van der Waals surface area contributed by atoms with Crippen LogP contribution in [-0.2, 0) is 22.9 Å². The second-order valence-electron chi connectivity index (χ2n) is 11.4. The van der Waals surface area contributed by atoms with E-state index in [2.05, 4.69) is 48.6 Å². The summed E-state index contributed by atoms with van der Waals surface area (Å²) < 4.78 is 34.3. The van der Waals surface area contributed by atoms with E-state index in [0.29, 0.717) is 22.7 Å². The Labute approximate surface area is 262 Å². The molecule has 2 aromatic carbocycles. The molecule has 2 aliphatic carbocycles. The highest BCUT2D eigenvalue weighted by Gasteiger charge is 2.34. The number of carbonyl (C=O) groups excluding carboxylic acids is 1. The number of hydrogen-bond donors (Lipinski definition) is 1. The molecule has 0 radical (unpaired) electrons. The number of sulfonamides is 1. The van der Waals surface area contributed by atoms with Gasteiger partial charge in [-0.1, -0.05) is 53.5 Å². The van der Waals surface area contributed by atoms with Crippen molar-refractivity contribution in [1.82, 2.24) is 10.2 Å². The van der Waals surface area contributed by atoms with Crippen molar-refractivity contribution in [3.05, 3.63) is 74.6 Å². The lowest BCUT2D eigenvalue weighted by Crippen LogP contribution is -2.41. The Morgan fingerprint density at radius 1 is 0.976 bits per heavy atom. The van der Waals surface area contributed by atoms with E-state index >= 15 is 0 Å². The third kappa shape index (κ3) is 6.60. The van der Waals surface area contributed by atoms with E-state index in [1.54, 1.807) is 0 Å². The molecular weight excluding hydrogens is 613 g/mol. The van der Waals surface area contributed by atoms with Gasteiger partial charge in [0.2, 0.25) is 0 Å². The summed E-state index contributed by atoms with van der Waals surface area (Å²) in [5.74, 6) is 0.830. The largest absolute Gasteiger partial charge is 0.412 e. The van der Waals surface area contributed by atoms with Gasteiger partial charge in [0.1, 0.15) is 5.00 Å².